The number of para-hydroxylation sites is 1. The highest BCUT2D eigenvalue weighted by atomic mass is 32.1. The maximum atomic E-state index is 13.6. The molecule has 4 aromatic rings. The number of hydrogen-bond acceptors (Lipinski definition) is 7. The highest BCUT2D eigenvalue weighted by molar-refractivity contribution is 7.22. The Bertz CT molecular complexity index is 1290. The van der Waals surface area contributed by atoms with Crippen LogP contribution in [0.15, 0.2) is 55.1 Å². The van der Waals surface area contributed by atoms with Crippen molar-refractivity contribution < 1.29 is 14.5 Å². The zero-order chi connectivity index (χ0) is 23.4. The molecule has 0 aliphatic rings. The summed E-state index contributed by atoms with van der Waals surface area (Å²) in [5.41, 5.74) is 1.24. The van der Waals surface area contributed by atoms with E-state index < -0.39 is 4.92 Å². The first kappa shape index (κ1) is 22.4. The molecule has 0 saturated carbocycles. The largest absolute Gasteiger partial charge is 0.492 e. The minimum Gasteiger partial charge on any atom is -0.492 e. The monoisotopic (exact) mass is 465 g/mol. The molecule has 0 saturated heterocycles. The topological polar surface area (TPSA) is 103 Å². The highest BCUT2D eigenvalue weighted by Gasteiger charge is 2.26. The molecule has 0 aliphatic carbocycles. The van der Waals surface area contributed by atoms with Gasteiger partial charge in [0.1, 0.15) is 11.3 Å². The number of hydrogen-bond donors (Lipinski definition) is 0. The van der Waals surface area contributed by atoms with Gasteiger partial charge in [-0.05, 0) is 38.5 Å². The van der Waals surface area contributed by atoms with Gasteiger partial charge in [-0.15, -0.1) is 0 Å². The fraction of sp³-hybridized carbons (Fsp3) is 0.261. The Morgan fingerprint density at radius 3 is 2.82 bits per heavy atom. The Hall–Kier alpha value is -3.79. The van der Waals surface area contributed by atoms with Crippen molar-refractivity contribution in [3.8, 4) is 5.75 Å². The molecule has 10 heteroatoms. The molecule has 4 rings (SSSR count). The van der Waals surface area contributed by atoms with Crippen molar-refractivity contribution in [2.24, 2.45) is 0 Å². The molecule has 0 aliphatic heterocycles. The average Bonchev–Trinajstić information content (AvgIpc) is 3.47. The molecule has 0 atom stereocenters. The second-order valence-corrected chi connectivity index (χ2v) is 8.36. The van der Waals surface area contributed by atoms with E-state index in [1.807, 2.05) is 35.9 Å². The Morgan fingerprint density at radius 2 is 2.09 bits per heavy atom. The lowest BCUT2D eigenvalue weighted by molar-refractivity contribution is -0.385. The van der Waals surface area contributed by atoms with Crippen LogP contribution in [-0.2, 0) is 6.54 Å². The molecule has 0 radical (unpaired) electrons. The van der Waals surface area contributed by atoms with Crippen molar-refractivity contribution in [3.63, 3.8) is 0 Å². The van der Waals surface area contributed by atoms with Crippen LogP contribution >= 0.6 is 11.3 Å². The van der Waals surface area contributed by atoms with Crippen molar-refractivity contribution in [1.29, 1.82) is 0 Å². The zero-order valence-corrected chi connectivity index (χ0v) is 19.1. The third-order valence-electron chi connectivity index (χ3n) is 5.24. The minimum atomic E-state index is -0.471. The van der Waals surface area contributed by atoms with Crippen LogP contribution in [0.4, 0.5) is 10.8 Å². The molecule has 0 N–H and O–H groups in total. The van der Waals surface area contributed by atoms with E-state index in [2.05, 4.69) is 4.98 Å². The fourth-order valence-electron chi connectivity index (χ4n) is 3.61. The Labute approximate surface area is 194 Å². The average molecular weight is 466 g/mol. The maximum Gasteiger partial charge on any atom is 0.273 e. The quantitative estimate of drug-likeness (QED) is 0.259. The first-order valence-corrected chi connectivity index (χ1v) is 11.3. The summed E-state index contributed by atoms with van der Waals surface area (Å²) < 4.78 is 8.54. The van der Waals surface area contributed by atoms with Crippen molar-refractivity contribution in [3.05, 3.63) is 76.4 Å². The van der Waals surface area contributed by atoms with Gasteiger partial charge in [0.05, 0.1) is 22.6 Å². The first-order valence-electron chi connectivity index (χ1n) is 10.5. The van der Waals surface area contributed by atoms with E-state index in [0.29, 0.717) is 48.1 Å². The van der Waals surface area contributed by atoms with Gasteiger partial charge in [-0.2, -0.15) is 0 Å². The lowest BCUT2D eigenvalue weighted by Crippen LogP contribution is -2.33. The number of aryl methyl sites for hydroxylation is 1. The molecule has 33 heavy (non-hydrogen) atoms. The summed E-state index contributed by atoms with van der Waals surface area (Å²) in [7, 11) is 0. The number of nitro groups is 1. The maximum absolute atomic E-state index is 13.6. The lowest BCUT2D eigenvalue weighted by atomic mass is 10.1. The van der Waals surface area contributed by atoms with Crippen LogP contribution in [0.3, 0.4) is 0 Å². The van der Waals surface area contributed by atoms with Crippen LogP contribution in [0.1, 0.15) is 29.3 Å². The van der Waals surface area contributed by atoms with Gasteiger partial charge in [-0.1, -0.05) is 23.5 Å². The van der Waals surface area contributed by atoms with Gasteiger partial charge in [-0.25, -0.2) is 9.97 Å². The summed E-state index contributed by atoms with van der Waals surface area (Å²) in [6, 6.07) is 10.2. The van der Waals surface area contributed by atoms with Gasteiger partial charge >= 0.3 is 0 Å². The van der Waals surface area contributed by atoms with E-state index in [4.69, 9.17) is 9.72 Å². The molecule has 170 valence electrons. The highest BCUT2D eigenvalue weighted by Crippen LogP contribution is 2.35. The van der Waals surface area contributed by atoms with Crippen molar-refractivity contribution in [1.82, 2.24) is 14.5 Å². The summed E-state index contributed by atoms with van der Waals surface area (Å²) in [4.78, 5) is 34.9. The number of anilines is 1. The SMILES string of the molecule is CCOc1cccc2sc(N(CCCn3ccnc3)C(=O)c3cccc([N+](=O)[O-])c3C)nc12. The minimum absolute atomic E-state index is 0.0813. The van der Waals surface area contributed by atoms with Gasteiger partial charge in [0, 0.05) is 42.7 Å². The van der Waals surface area contributed by atoms with Crippen LogP contribution in [-0.4, -0.2) is 38.5 Å². The number of carbonyl (C=O) groups excluding carboxylic acids is 1. The van der Waals surface area contributed by atoms with Crippen LogP contribution in [0, 0.1) is 17.0 Å². The first-order chi connectivity index (χ1) is 16.0. The second kappa shape index (κ2) is 9.78. The summed E-state index contributed by atoms with van der Waals surface area (Å²) in [5.74, 6) is 0.341. The predicted octanol–water partition coefficient (Wildman–Crippen LogP) is 4.85. The normalized spacial score (nSPS) is 11.0. The number of aromatic nitrogens is 3. The van der Waals surface area contributed by atoms with E-state index in [0.717, 1.165) is 4.70 Å². The van der Waals surface area contributed by atoms with Crippen molar-refractivity contribution >= 4 is 38.3 Å². The summed E-state index contributed by atoms with van der Waals surface area (Å²) in [6.07, 6.45) is 5.95. The molecule has 2 aromatic carbocycles. The number of carbonyl (C=O) groups is 1. The number of nitro benzene ring substituents is 1. The summed E-state index contributed by atoms with van der Waals surface area (Å²) in [6.45, 7) is 5.08. The number of thiazole rings is 1. The molecular formula is C23H23N5O4S. The summed E-state index contributed by atoms with van der Waals surface area (Å²) in [5, 5.41) is 11.9. The fourth-order valence-corrected chi connectivity index (χ4v) is 4.62. The molecule has 9 nitrogen and oxygen atoms in total. The molecule has 0 bridgehead atoms. The standard InChI is InChI=1S/C23H23N5O4S/c1-3-32-19-9-5-10-20-21(19)25-23(33-20)27(13-6-12-26-14-11-24-15-26)22(29)17-7-4-8-18(16(17)2)28(30)31/h4-5,7-11,14-15H,3,6,12-13H2,1-2H3. The van der Waals surface area contributed by atoms with Gasteiger partial charge < -0.3 is 9.30 Å². The number of ether oxygens (including phenoxy) is 1. The van der Waals surface area contributed by atoms with E-state index in [1.54, 1.807) is 30.4 Å². The number of fused-ring (bicyclic) bond motifs is 1. The van der Waals surface area contributed by atoms with Crippen molar-refractivity contribution in [2.75, 3.05) is 18.1 Å². The van der Waals surface area contributed by atoms with Gasteiger partial charge in [0.15, 0.2) is 5.13 Å². The van der Waals surface area contributed by atoms with Gasteiger partial charge in [-0.3, -0.25) is 19.8 Å². The molecule has 2 heterocycles. The molecule has 0 unspecified atom stereocenters. The van der Waals surface area contributed by atoms with E-state index in [1.165, 1.54) is 23.5 Å². The third-order valence-corrected chi connectivity index (χ3v) is 6.28. The number of imidazole rings is 1. The van der Waals surface area contributed by atoms with Crippen LogP contribution < -0.4 is 9.64 Å². The molecular weight excluding hydrogens is 442 g/mol. The molecule has 1 amide bonds. The Morgan fingerprint density at radius 1 is 1.27 bits per heavy atom. The van der Waals surface area contributed by atoms with Gasteiger partial charge in [0.2, 0.25) is 0 Å². The third kappa shape index (κ3) is 4.70. The summed E-state index contributed by atoms with van der Waals surface area (Å²) >= 11 is 1.39. The molecule has 2 aromatic heterocycles. The van der Waals surface area contributed by atoms with Crippen LogP contribution in [0.5, 0.6) is 5.75 Å². The van der Waals surface area contributed by atoms with Gasteiger partial charge in [0.25, 0.3) is 11.6 Å². The molecule has 0 spiro atoms. The lowest BCUT2D eigenvalue weighted by Gasteiger charge is -2.21. The predicted molar refractivity (Wildman–Crippen MR) is 127 cm³/mol. The van der Waals surface area contributed by atoms with Crippen LogP contribution in [0.25, 0.3) is 10.2 Å². The Kier molecular flexibility index (Phi) is 6.64. The zero-order valence-electron chi connectivity index (χ0n) is 18.3. The Balaban J connectivity index is 1.71. The molecule has 0 fully saturated rings. The number of amides is 1. The smallest absolute Gasteiger partial charge is 0.273 e. The van der Waals surface area contributed by atoms with Crippen molar-refractivity contribution in [2.45, 2.75) is 26.8 Å². The van der Waals surface area contributed by atoms with E-state index in [-0.39, 0.29) is 17.2 Å². The second-order valence-electron chi connectivity index (χ2n) is 7.35. The number of nitrogens with zero attached hydrogens (tertiary/aromatic N) is 5. The number of rotatable bonds is 9. The van der Waals surface area contributed by atoms with E-state index in [9.17, 15) is 14.9 Å². The number of benzene rings is 2. The van der Waals surface area contributed by atoms with E-state index >= 15 is 0 Å². The van der Waals surface area contributed by atoms with Crippen LogP contribution in [0.2, 0.25) is 0 Å².